The fourth-order valence-electron chi connectivity index (χ4n) is 4.45. The molecule has 0 aliphatic heterocycles. The highest BCUT2D eigenvalue weighted by molar-refractivity contribution is 5.72. The number of benzene rings is 4. The second-order valence-corrected chi connectivity index (χ2v) is 9.68. The van der Waals surface area contributed by atoms with E-state index in [2.05, 4.69) is 20.8 Å². The Morgan fingerprint density at radius 1 is 0.674 bits per heavy atom. The molecule has 0 aliphatic carbocycles. The molecule has 218 valence electrons. The third-order valence-corrected chi connectivity index (χ3v) is 6.72. The number of ether oxygens (including phenoxy) is 1. The molecule has 4 aromatic carbocycles. The van der Waals surface area contributed by atoms with Gasteiger partial charge in [-0.3, -0.25) is 0 Å². The predicted octanol–water partition coefficient (Wildman–Crippen LogP) is 9.67. The van der Waals surface area contributed by atoms with Crippen LogP contribution in [0.4, 0.5) is 26.3 Å². The molecule has 0 aliphatic rings. The van der Waals surface area contributed by atoms with Crippen molar-refractivity contribution in [3.05, 3.63) is 138 Å². The van der Waals surface area contributed by atoms with Gasteiger partial charge in [-0.1, -0.05) is 54.6 Å². The highest BCUT2D eigenvalue weighted by Gasteiger charge is 2.38. The summed E-state index contributed by atoms with van der Waals surface area (Å²) in [5.74, 6) is -4.82. The molecule has 0 atom stereocenters. The Morgan fingerprint density at radius 3 is 1.98 bits per heavy atom. The van der Waals surface area contributed by atoms with E-state index in [-0.39, 0.29) is 11.1 Å². The molecule has 9 heteroatoms. The molecule has 0 fully saturated rings. The second kappa shape index (κ2) is 12.5. The van der Waals surface area contributed by atoms with Crippen molar-refractivity contribution < 1.29 is 31.1 Å². The van der Waals surface area contributed by atoms with E-state index in [1.165, 1.54) is 12.1 Å². The summed E-state index contributed by atoms with van der Waals surface area (Å²) in [6.07, 6.45) is 5.23. The topological polar surface area (TPSA) is 35.0 Å². The molecule has 0 bridgehead atoms. The normalized spacial score (nSPS) is 11.7. The smallest absolute Gasteiger partial charge is 0.429 e. The Morgan fingerprint density at radius 2 is 1.33 bits per heavy atom. The number of rotatable bonds is 9. The van der Waals surface area contributed by atoms with Crippen LogP contribution in [0, 0.1) is 23.3 Å². The average molecular weight is 591 g/mol. The van der Waals surface area contributed by atoms with E-state index < -0.39 is 40.7 Å². The van der Waals surface area contributed by atoms with Gasteiger partial charge >= 0.3 is 6.11 Å². The van der Waals surface area contributed by atoms with Crippen molar-refractivity contribution >= 4 is 0 Å². The first-order chi connectivity index (χ1) is 20.6. The fourth-order valence-corrected chi connectivity index (χ4v) is 4.45. The van der Waals surface area contributed by atoms with E-state index in [0.717, 1.165) is 48.2 Å². The molecule has 5 rings (SSSR count). The molecule has 43 heavy (non-hydrogen) atoms. The number of hydrogen-bond acceptors (Lipinski definition) is 3. The molecule has 1 aromatic heterocycles. The summed E-state index contributed by atoms with van der Waals surface area (Å²) in [6, 6.07) is 16.1. The van der Waals surface area contributed by atoms with Gasteiger partial charge < -0.3 is 4.74 Å². The van der Waals surface area contributed by atoms with E-state index >= 15 is 4.39 Å². The minimum absolute atomic E-state index is 0.00132. The van der Waals surface area contributed by atoms with Crippen LogP contribution in [0.1, 0.15) is 24.5 Å². The van der Waals surface area contributed by atoms with Gasteiger partial charge in [-0.15, -0.1) is 0 Å². The van der Waals surface area contributed by atoms with Crippen LogP contribution in [0.3, 0.4) is 0 Å². The summed E-state index contributed by atoms with van der Waals surface area (Å²) in [6.45, 7) is 1.97. The third kappa shape index (κ3) is 6.77. The van der Waals surface area contributed by atoms with Crippen molar-refractivity contribution in [3.63, 3.8) is 0 Å². The maximum atomic E-state index is 15.2. The number of alkyl halides is 2. The Hall–Kier alpha value is -4.92. The number of hydrogen-bond donors (Lipinski definition) is 0. The Labute approximate surface area is 244 Å². The molecule has 0 radical (unpaired) electrons. The maximum absolute atomic E-state index is 15.2. The molecule has 0 saturated carbocycles. The molecular formula is C34H24F6N2O. The van der Waals surface area contributed by atoms with E-state index in [0.29, 0.717) is 29.1 Å². The number of aromatic nitrogens is 2. The van der Waals surface area contributed by atoms with Crippen LogP contribution in [-0.4, -0.2) is 9.97 Å². The zero-order valence-corrected chi connectivity index (χ0v) is 22.8. The summed E-state index contributed by atoms with van der Waals surface area (Å²) in [5, 5.41) is 0. The lowest BCUT2D eigenvalue weighted by molar-refractivity contribution is -0.187. The van der Waals surface area contributed by atoms with Gasteiger partial charge in [-0.25, -0.2) is 27.5 Å². The van der Waals surface area contributed by atoms with Crippen LogP contribution in [-0.2, 0) is 12.5 Å². The quantitative estimate of drug-likeness (QED) is 0.127. The van der Waals surface area contributed by atoms with Crippen molar-refractivity contribution in [2.45, 2.75) is 25.9 Å². The largest absolute Gasteiger partial charge is 0.429 e. The first kappa shape index (κ1) is 29.6. The first-order valence-electron chi connectivity index (χ1n) is 13.3. The van der Waals surface area contributed by atoms with E-state index in [1.54, 1.807) is 30.6 Å². The fraction of sp³-hybridized carbons (Fsp3) is 0.118. The number of aryl methyl sites for hydroxylation is 1. The SMILES string of the molecule is CC=CCCc1cnc(-c2ccc(-c3ccc(-c4ccc(C(F)(F)Oc5ccc(F)c(F)c5)c(F)c4)c(F)c3)cc2)nc1. The van der Waals surface area contributed by atoms with Gasteiger partial charge in [0.1, 0.15) is 17.4 Å². The Balaban J connectivity index is 1.31. The van der Waals surface area contributed by atoms with Crippen molar-refractivity contribution in [3.8, 4) is 39.4 Å². The Bertz CT molecular complexity index is 1770. The van der Waals surface area contributed by atoms with Crippen LogP contribution < -0.4 is 4.74 Å². The summed E-state index contributed by atoms with van der Waals surface area (Å²) < 4.78 is 90.1. The number of halogens is 6. The van der Waals surface area contributed by atoms with Crippen LogP contribution >= 0.6 is 0 Å². The lowest BCUT2D eigenvalue weighted by Gasteiger charge is -2.19. The second-order valence-electron chi connectivity index (χ2n) is 9.68. The molecule has 0 amide bonds. The Kier molecular flexibility index (Phi) is 8.61. The van der Waals surface area contributed by atoms with Crippen LogP contribution in [0.2, 0.25) is 0 Å². The first-order valence-corrected chi connectivity index (χ1v) is 13.3. The monoisotopic (exact) mass is 590 g/mol. The summed E-state index contributed by atoms with van der Waals surface area (Å²) in [5.41, 5.74) is 1.97. The predicted molar refractivity (Wildman–Crippen MR) is 152 cm³/mol. The van der Waals surface area contributed by atoms with Crippen molar-refractivity contribution in [1.82, 2.24) is 9.97 Å². The van der Waals surface area contributed by atoms with E-state index in [1.807, 2.05) is 25.1 Å². The zero-order chi connectivity index (χ0) is 30.6. The number of nitrogens with zero attached hydrogens (tertiary/aromatic N) is 2. The summed E-state index contributed by atoms with van der Waals surface area (Å²) >= 11 is 0. The lowest BCUT2D eigenvalue weighted by Crippen LogP contribution is -2.23. The molecule has 0 unspecified atom stereocenters. The van der Waals surface area contributed by atoms with Crippen molar-refractivity contribution in [2.24, 2.45) is 0 Å². The highest BCUT2D eigenvalue weighted by atomic mass is 19.3. The van der Waals surface area contributed by atoms with Crippen LogP contribution in [0.5, 0.6) is 5.75 Å². The number of allylic oxidation sites excluding steroid dienone is 2. The van der Waals surface area contributed by atoms with E-state index in [9.17, 15) is 22.0 Å². The van der Waals surface area contributed by atoms with Crippen LogP contribution in [0.25, 0.3) is 33.6 Å². The van der Waals surface area contributed by atoms with Crippen molar-refractivity contribution in [2.75, 3.05) is 0 Å². The van der Waals surface area contributed by atoms with Crippen molar-refractivity contribution in [1.29, 1.82) is 0 Å². The maximum Gasteiger partial charge on any atom is 0.429 e. The molecule has 0 saturated heterocycles. The minimum Gasteiger partial charge on any atom is -0.429 e. The standard InChI is InChI=1S/C34H24F6N2O/c1-2-3-4-5-21-19-41-33(42-20-21)23-8-6-22(7-9-23)24-10-13-27(30(36)16-24)25-11-14-28(31(37)17-25)34(39,40)43-26-12-15-29(35)32(38)18-26/h2-3,6-20H,4-5H2,1H3. The average Bonchev–Trinajstić information content (AvgIpc) is 2.99. The summed E-state index contributed by atoms with van der Waals surface area (Å²) in [4.78, 5) is 8.87. The molecule has 5 aromatic rings. The molecular weight excluding hydrogens is 566 g/mol. The van der Waals surface area contributed by atoms with Gasteiger partial charge in [-0.2, -0.15) is 8.78 Å². The third-order valence-electron chi connectivity index (χ3n) is 6.72. The summed E-state index contributed by atoms with van der Waals surface area (Å²) in [7, 11) is 0. The molecule has 0 N–H and O–H groups in total. The van der Waals surface area contributed by atoms with Gasteiger partial charge in [0.15, 0.2) is 17.5 Å². The van der Waals surface area contributed by atoms with Crippen LogP contribution in [0.15, 0.2) is 103 Å². The molecule has 3 nitrogen and oxygen atoms in total. The van der Waals surface area contributed by atoms with Gasteiger partial charge in [0.2, 0.25) is 0 Å². The highest BCUT2D eigenvalue weighted by Crippen LogP contribution is 2.36. The van der Waals surface area contributed by atoms with Gasteiger partial charge in [0.25, 0.3) is 0 Å². The molecule has 0 spiro atoms. The van der Waals surface area contributed by atoms with Gasteiger partial charge in [0, 0.05) is 29.6 Å². The lowest BCUT2D eigenvalue weighted by atomic mass is 9.98. The van der Waals surface area contributed by atoms with Gasteiger partial charge in [0.05, 0.1) is 5.56 Å². The minimum atomic E-state index is -4.21. The molecule has 1 heterocycles. The zero-order valence-electron chi connectivity index (χ0n) is 22.8. The van der Waals surface area contributed by atoms with Gasteiger partial charge in [-0.05, 0) is 72.4 Å². The van der Waals surface area contributed by atoms with E-state index in [4.69, 9.17) is 0 Å².